The third-order valence-electron chi connectivity index (χ3n) is 5.06. The molecule has 1 unspecified atom stereocenters. The Morgan fingerprint density at radius 1 is 1.11 bits per heavy atom. The van der Waals surface area contributed by atoms with Crippen molar-refractivity contribution in [1.29, 1.82) is 0 Å². The van der Waals surface area contributed by atoms with E-state index in [-0.39, 0.29) is 18.0 Å². The summed E-state index contributed by atoms with van der Waals surface area (Å²) in [6.07, 6.45) is 0.169. The number of morpholine rings is 1. The van der Waals surface area contributed by atoms with E-state index in [2.05, 4.69) is 11.8 Å². The highest BCUT2D eigenvalue weighted by atomic mass is 19.1. The lowest BCUT2D eigenvalue weighted by atomic mass is 9.98. The molecule has 0 N–H and O–H groups in total. The van der Waals surface area contributed by atoms with Gasteiger partial charge in [0, 0.05) is 31.1 Å². The molecule has 0 bridgehead atoms. The molecule has 3 rings (SSSR count). The van der Waals surface area contributed by atoms with E-state index in [0.717, 1.165) is 48.7 Å². The molecule has 0 spiro atoms. The highest BCUT2D eigenvalue weighted by Crippen LogP contribution is 2.29. The second-order valence-electron chi connectivity index (χ2n) is 7.26. The second kappa shape index (κ2) is 8.81. The number of rotatable bonds is 6. The van der Waals surface area contributed by atoms with E-state index in [1.807, 2.05) is 26.0 Å². The van der Waals surface area contributed by atoms with Crippen molar-refractivity contribution in [2.24, 2.45) is 0 Å². The SMILES string of the molecule is Cc1cc(C)c(OCC(C)N2CCOCC2)c(Cc2c(F)cccc2F)c1. The molecule has 1 saturated heterocycles. The highest BCUT2D eigenvalue weighted by molar-refractivity contribution is 5.46. The van der Waals surface area contributed by atoms with Crippen molar-refractivity contribution in [2.45, 2.75) is 33.2 Å². The van der Waals surface area contributed by atoms with E-state index in [1.54, 1.807) is 0 Å². The van der Waals surface area contributed by atoms with Gasteiger partial charge in [0.25, 0.3) is 0 Å². The van der Waals surface area contributed by atoms with Crippen LogP contribution in [0.5, 0.6) is 5.75 Å². The summed E-state index contributed by atoms with van der Waals surface area (Å²) in [5.41, 5.74) is 2.92. The zero-order chi connectivity index (χ0) is 19.4. The van der Waals surface area contributed by atoms with Crippen molar-refractivity contribution in [2.75, 3.05) is 32.9 Å². The van der Waals surface area contributed by atoms with Gasteiger partial charge in [-0.1, -0.05) is 23.8 Å². The zero-order valence-electron chi connectivity index (χ0n) is 16.2. The molecule has 0 aromatic heterocycles. The van der Waals surface area contributed by atoms with E-state index >= 15 is 0 Å². The Morgan fingerprint density at radius 2 is 1.78 bits per heavy atom. The standard InChI is InChI=1S/C22H27F2NO2/c1-15-11-16(2)22(27-14-17(3)25-7-9-26-10-8-25)18(12-15)13-19-20(23)5-4-6-21(19)24/h4-6,11-12,17H,7-10,13-14H2,1-3H3. The molecule has 2 aromatic rings. The van der Waals surface area contributed by atoms with Gasteiger partial charge in [0.2, 0.25) is 0 Å². The fourth-order valence-corrected chi connectivity index (χ4v) is 3.60. The molecule has 1 fully saturated rings. The molecule has 146 valence electrons. The minimum atomic E-state index is -0.526. The zero-order valence-corrected chi connectivity index (χ0v) is 16.2. The molecule has 1 atom stereocenters. The van der Waals surface area contributed by atoms with Gasteiger partial charge in [-0.3, -0.25) is 4.90 Å². The Bertz CT molecular complexity index is 768. The van der Waals surface area contributed by atoms with Gasteiger partial charge in [0.05, 0.1) is 13.2 Å². The number of hydrogen-bond acceptors (Lipinski definition) is 3. The van der Waals surface area contributed by atoms with Crippen LogP contribution in [-0.4, -0.2) is 43.9 Å². The monoisotopic (exact) mass is 375 g/mol. The highest BCUT2D eigenvalue weighted by Gasteiger charge is 2.19. The van der Waals surface area contributed by atoms with Crippen LogP contribution in [0.25, 0.3) is 0 Å². The molecular weight excluding hydrogens is 348 g/mol. The smallest absolute Gasteiger partial charge is 0.129 e. The van der Waals surface area contributed by atoms with Crippen molar-refractivity contribution >= 4 is 0 Å². The van der Waals surface area contributed by atoms with Crippen LogP contribution < -0.4 is 4.74 Å². The summed E-state index contributed by atoms with van der Waals surface area (Å²) in [5.74, 6) is -0.327. The maximum absolute atomic E-state index is 14.1. The van der Waals surface area contributed by atoms with Crippen LogP contribution in [0.4, 0.5) is 8.78 Å². The number of hydrogen-bond donors (Lipinski definition) is 0. The first-order valence-corrected chi connectivity index (χ1v) is 9.43. The first-order valence-electron chi connectivity index (χ1n) is 9.43. The number of nitrogens with zero attached hydrogens (tertiary/aromatic N) is 1. The molecule has 0 amide bonds. The van der Waals surface area contributed by atoms with Crippen molar-refractivity contribution in [3.63, 3.8) is 0 Å². The Hall–Kier alpha value is -1.98. The number of halogens is 2. The Kier molecular flexibility index (Phi) is 6.45. The van der Waals surface area contributed by atoms with E-state index in [1.165, 1.54) is 18.2 Å². The van der Waals surface area contributed by atoms with Crippen LogP contribution >= 0.6 is 0 Å². The molecule has 1 aliphatic rings. The Balaban J connectivity index is 1.80. The average Bonchev–Trinajstić information content (AvgIpc) is 2.64. The largest absolute Gasteiger partial charge is 0.491 e. The van der Waals surface area contributed by atoms with Gasteiger partial charge in [-0.05, 0) is 44.0 Å². The Morgan fingerprint density at radius 3 is 2.44 bits per heavy atom. The molecule has 1 aliphatic heterocycles. The van der Waals surface area contributed by atoms with Crippen LogP contribution in [-0.2, 0) is 11.2 Å². The molecule has 0 saturated carbocycles. The lowest BCUT2D eigenvalue weighted by Gasteiger charge is -2.32. The molecule has 3 nitrogen and oxygen atoms in total. The van der Waals surface area contributed by atoms with Crippen LogP contribution in [0.2, 0.25) is 0 Å². The number of ether oxygens (including phenoxy) is 2. The molecule has 0 aliphatic carbocycles. The first kappa shape index (κ1) is 19.8. The molecule has 5 heteroatoms. The predicted octanol–water partition coefficient (Wildman–Crippen LogP) is 4.27. The van der Waals surface area contributed by atoms with Gasteiger partial charge >= 0.3 is 0 Å². The molecule has 0 radical (unpaired) electrons. The minimum absolute atomic E-state index is 0.0774. The third-order valence-corrected chi connectivity index (χ3v) is 5.06. The third kappa shape index (κ3) is 4.85. The fourth-order valence-electron chi connectivity index (χ4n) is 3.60. The lowest BCUT2D eigenvalue weighted by molar-refractivity contribution is 0.0104. The maximum Gasteiger partial charge on any atom is 0.129 e. The number of benzene rings is 2. The summed E-state index contributed by atoms with van der Waals surface area (Å²) in [6.45, 7) is 9.88. The van der Waals surface area contributed by atoms with Gasteiger partial charge in [-0.25, -0.2) is 8.78 Å². The second-order valence-corrected chi connectivity index (χ2v) is 7.26. The molecular formula is C22H27F2NO2. The van der Waals surface area contributed by atoms with Crippen molar-refractivity contribution in [3.8, 4) is 5.75 Å². The summed E-state index contributed by atoms with van der Waals surface area (Å²) in [5, 5.41) is 0. The summed E-state index contributed by atoms with van der Waals surface area (Å²) in [6, 6.07) is 8.21. The van der Waals surface area contributed by atoms with Crippen LogP contribution in [0.15, 0.2) is 30.3 Å². The van der Waals surface area contributed by atoms with E-state index in [0.29, 0.717) is 6.61 Å². The quantitative estimate of drug-likeness (QED) is 0.753. The van der Waals surface area contributed by atoms with Gasteiger partial charge in [-0.15, -0.1) is 0 Å². The first-order chi connectivity index (χ1) is 13.0. The van der Waals surface area contributed by atoms with Crippen LogP contribution in [0, 0.1) is 25.5 Å². The Labute approximate surface area is 159 Å². The predicted molar refractivity (Wildman–Crippen MR) is 102 cm³/mol. The summed E-state index contributed by atoms with van der Waals surface area (Å²) in [4.78, 5) is 2.34. The van der Waals surface area contributed by atoms with Gasteiger partial charge in [0.1, 0.15) is 24.0 Å². The summed E-state index contributed by atoms with van der Waals surface area (Å²) in [7, 11) is 0. The topological polar surface area (TPSA) is 21.7 Å². The summed E-state index contributed by atoms with van der Waals surface area (Å²) >= 11 is 0. The van der Waals surface area contributed by atoms with E-state index < -0.39 is 11.6 Å². The van der Waals surface area contributed by atoms with E-state index in [9.17, 15) is 8.78 Å². The minimum Gasteiger partial charge on any atom is -0.491 e. The van der Waals surface area contributed by atoms with Crippen LogP contribution in [0.3, 0.4) is 0 Å². The lowest BCUT2D eigenvalue weighted by Crippen LogP contribution is -2.44. The molecule has 1 heterocycles. The van der Waals surface area contributed by atoms with Crippen LogP contribution in [0.1, 0.15) is 29.2 Å². The van der Waals surface area contributed by atoms with Crippen molar-refractivity contribution in [3.05, 3.63) is 64.2 Å². The maximum atomic E-state index is 14.1. The van der Waals surface area contributed by atoms with Gasteiger partial charge < -0.3 is 9.47 Å². The molecule has 2 aromatic carbocycles. The van der Waals surface area contributed by atoms with Gasteiger partial charge in [-0.2, -0.15) is 0 Å². The van der Waals surface area contributed by atoms with Gasteiger partial charge in [0.15, 0.2) is 0 Å². The van der Waals surface area contributed by atoms with E-state index in [4.69, 9.17) is 9.47 Å². The average molecular weight is 375 g/mol. The fraction of sp³-hybridized carbons (Fsp3) is 0.455. The van der Waals surface area contributed by atoms with Crippen molar-refractivity contribution in [1.82, 2.24) is 4.90 Å². The molecule has 27 heavy (non-hydrogen) atoms. The normalized spacial score (nSPS) is 16.3. The van der Waals surface area contributed by atoms with Crippen molar-refractivity contribution < 1.29 is 18.3 Å². The number of aryl methyl sites for hydroxylation is 2. The summed E-state index contributed by atoms with van der Waals surface area (Å²) < 4.78 is 39.8.